The number of aryl methyl sites for hydroxylation is 1. The first kappa shape index (κ1) is 19.2. The number of fused-ring (bicyclic) bond motifs is 5. The lowest BCUT2D eigenvalue weighted by Crippen LogP contribution is -2.07. The summed E-state index contributed by atoms with van der Waals surface area (Å²) in [6.45, 7) is 0.999. The number of unbranched alkanes of at least 4 members (excludes halogenated alkanes) is 1. The van der Waals surface area contributed by atoms with Gasteiger partial charge in [0, 0.05) is 49.4 Å². The fourth-order valence-corrected chi connectivity index (χ4v) is 4.93. The van der Waals surface area contributed by atoms with Crippen molar-refractivity contribution in [3.63, 3.8) is 0 Å². The Labute approximate surface area is 183 Å². The number of halogens is 1. The van der Waals surface area contributed by atoms with Gasteiger partial charge < -0.3 is 20.4 Å². The van der Waals surface area contributed by atoms with E-state index in [0.29, 0.717) is 5.75 Å². The molecule has 0 aliphatic carbocycles. The molecule has 4 N–H and O–H groups in total. The van der Waals surface area contributed by atoms with Crippen molar-refractivity contribution in [2.24, 2.45) is 0 Å². The molecule has 2 aromatic heterocycles. The Kier molecular flexibility index (Phi) is 5.01. The molecule has 5 heteroatoms. The van der Waals surface area contributed by atoms with Crippen molar-refractivity contribution >= 4 is 48.5 Å². The molecule has 152 valence electrons. The number of H-pyrrole nitrogens is 2. The van der Waals surface area contributed by atoms with Crippen LogP contribution in [-0.2, 0) is 6.42 Å². The second-order valence-electron chi connectivity index (χ2n) is 7.82. The van der Waals surface area contributed by atoms with Crippen LogP contribution in [0.3, 0.4) is 0 Å². The van der Waals surface area contributed by atoms with Gasteiger partial charge in [-0.3, -0.25) is 0 Å². The van der Waals surface area contributed by atoms with Crippen molar-refractivity contribution in [2.45, 2.75) is 19.3 Å². The van der Waals surface area contributed by atoms with Crippen LogP contribution in [0.4, 0.5) is 0 Å². The van der Waals surface area contributed by atoms with Gasteiger partial charge in [0.05, 0.1) is 0 Å². The number of aromatic nitrogens is 2. The summed E-state index contributed by atoms with van der Waals surface area (Å²) in [5.74, 6) is 0.381. The Hall–Kier alpha value is -2.76. The van der Waals surface area contributed by atoms with Crippen molar-refractivity contribution in [1.29, 1.82) is 0 Å². The lowest BCUT2D eigenvalue weighted by atomic mass is 9.97. The molecule has 3 aromatic carbocycles. The number of rotatable bonds is 6. The zero-order valence-electron chi connectivity index (χ0n) is 16.8. The Bertz CT molecular complexity index is 1370. The fraction of sp³-hybridized carbons (Fsp3) is 0.200. The van der Waals surface area contributed by atoms with Gasteiger partial charge in [0.1, 0.15) is 5.75 Å². The summed E-state index contributed by atoms with van der Waals surface area (Å²) in [5, 5.41) is 18.4. The van der Waals surface area contributed by atoms with Gasteiger partial charge in [-0.1, -0.05) is 34.1 Å². The molecule has 0 aliphatic rings. The van der Waals surface area contributed by atoms with Gasteiger partial charge in [-0.05, 0) is 73.8 Å². The van der Waals surface area contributed by atoms with Gasteiger partial charge in [-0.15, -0.1) is 0 Å². The number of aromatic amines is 2. The predicted molar refractivity (Wildman–Crippen MR) is 129 cm³/mol. The van der Waals surface area contributed by atoms with E-state index in [1.807, 2.05) is 25.4 Å². The molecule has 0 spiro atoms. The quantitative estimate of drug-likeness (QED) is 0.218. The van der Waals surface area contributed by atoms with Crippen molar-refractivity contribution in [3.8, 4) is 16.9 Å². The molecular formula is C25H24BrN3O. The molecule has 0 saturated carbocycles. The molecule has 0 radical (unpaired) electrons. The molecule has 0 aliphatic heterocycles. The molecule has 0 unspecified atom stereocenters. The normalized spacial score (nSPS) is 11.8. The van der Waals surface area contributed by atoms with Gasteiger partial charge in [0.2, 0.25) is 0 Å². The van der Waals surface area contributed by atoms with E-state index in [0.717, 1.165) is 68.6 Å². The molecule has 2 heterocycles. The molecule has 4 nitrogen and oxygen atoms in total. The SMILES string of the molecule is CNCCCCc1cc2[nH]c3cc(-c4ccccc4Br)c4c[nH]cc4c3c2cc1O. The number of aromatic hydroxyl groups is 1. The predicted octanol–water partition coefficient (Wildman–Crippen LogP) is 6.48. The zero-order chi connectivity index (χ0) is 20.7. The number of nitrogens with one attached hydrogen (secondary N) is 3. The molecule has 0 bridgehead atoms. The minimum Gasteiger partial charge on any atom is -0.508 e. The highest BCUT2D eigenvalue weighted by Crippen LogP contribution is 2.41. The summed E-state index contributed by atoms with van der Waals surface area (Å²) in [6.07, 6.45) is 7.13. The minimum absolute atomic E-state index is 0.381. The maximum atomic E-state index is 10.7. The Morgan fingerprint density at radius 1 is 0.933 bits per heavy atom. The summed E-state index contributed by atoms with van der Waals surface area (Å²) in [4.78, 5) is 6.89. The molecule has 0 saturated heterocycles. The largest absolute Gasteiger partial charge is 0.508 e. The van der Waals surface area contributed by atoms with E-state index in [1.165, 1.54) is 10.9 Å². The van der Waals surface area contributed by atoms with E-state index in [9.17, 15) is 5.11 Å². The van der Waals surface area contributed by atoms with Gasteiger partial charge >= 0.3 is 0 Å². The molecular weight excluding hydrogens is 438 g/mol. The number of phenolic OH excluding ortho intramolecular Hbond substituents is 1. The number of benzene rings is 3. The Morgan fingerprint density at radius 2 is 1.77 bits per heavy atom. The monoisotopic (exact) mass is 461 g/mol. The number of hydrogen-bond donors (Lipinski definition) is 4. The van der Waals surface area contributed by atoms with E-state index < -0.39 is 0 Å². The van der Waals surface area contributed by atoms with Crippen LogP contribution in [0.2, 0.25) is 0 Å². The summed E-state index contributed by atoms with van der Waals surface area (Å²) < 4.78 is 1.07. The molecule has 30 heavy (non-hydrogen) atoms. The van der Waals surface area contributed by atoms with Crippen LogP contribution in [0, 0.1) is 0 Å². The van der Waals surface area contributed by atoms with E-state index in [4.69, 9.17) is 0 Å². The van der Waals surface area contributed by atoms with Crippen LogP contribution in [0.15, 0.2) is 59.3 Å². The zero-order valence-corrected chi connectivity index (χ0v) is 18.4. The minimum atomic E-state index is 0.381. The average Bonchev–Trinajstić information content (AvgIpc) is 3.35. The highest BCUT2D eigenvalue weighted by Gasteiger charge is 2.16. The summed E-state index contributed by atoms with van der Waals surface area (Å²) in [5.41, 5.74) is 5.49. The van der Waals surface area contributed by atoms with Crippen LogP contribution in [0.1, 0.15) is 18.4 Å². The second-order valence-corrected chi connectivity index (χ2v) is 8.68. The van der Waals surface area contributed by atoms with Crippen LogP contribution >= 0.6 is 15.9 Å². The van der Waals surface area contributed by atoms with Gasteiger partial charge in [-0.25, -0.2) is 0 Å². The first-order valence-corrected chi connectivity index (χ1v) is 11.1. The van der Waals surface area contributed by atoms with Crippen LogP contribution in [0.25, 0.3) is 43.7 Å². The molecule has 5 rings (SSSR count). The van der Waals surface area contributed by atoms with Crippen molar-refractivity contribution < 1.29 is 5.11 Å². The van der Waals surface area contributed by atoms with Gasteiger partial charge in [0.15, 0.2) is 0 Å². The highest BCUT2D eigenvalue weighted by molar-refractivity contribution is 9.10. The third kappa shape index (κ3) is 3.18. The molecule has 5 aromatic rings. The molecule has 0 amide bonds. The molecule has 0 fully saturated rings. The topological polar surface area (TPSA) is 63.8 Å². The van der Waals surface area contributed by atoms with Gasteiger partial charge in [0.25, 0.3) is 0 Å². The Morgan fingerprint density at radius 3 is 2.60 bits per heavy atom. The first-order chi connectivity index (χ1) is 14.7. The second kappa shape index (κ2) is 7.82. The summed E-state index contributed by atoms with van der Waals surface area (Å²) >= 11 is 3.70. The average molecular weight is 462 g/mol. The Balaban J connectivity index is 1.69. The number of hydrogen-bond acceptors (Lipinski definition) is 2. The maximum absolute atomic E-state index is 10.7. The maximum Gasteiger partial charge on any atom is 0.119 e. The molecule has 0 atom stereocenters. The highest BCUT2D eigenvalue weighted by atomic mass is 79.9. The van der Waals surface area contributed by atoms with Crippen LogP contribution < -0.4 is 5.32 Å². The smallest absolute Gasteiger partial charge is 0.119 e. The lowest BCUT2D eigenvalue weighted by molar-refractivity contribution is 0.467. The van der Waals surface area contributed by atoms with E-state index in [1.54, 1.807) is 0 Å². The summed E-state index contributed by atoms with van der Waals surface area (Å²) in [6, 6.07) is 14.6. The first-order valence-electron chi connectivity index (χ1n) is 10.3. The third-order valence-electron chi connectivity index (χ3n) is 5.91. The van der Waals surface area contributed by atoms with Crippen molar-refractivity contribution in [3.05, 3.63) is 64.9 Å². The standard InChI is InChI=1S/C25H24BrN3O/c1-27-9-5-4-6-15-10-22-18(12-24(15)30)25-20-14-28-13-19(20)17(11-23(25)29-22)16-7-2-3-8-21(16)26/h2-3,7-8,10-14,27-30H,4-6,9H2,1H3. The lowest BCUT2D eigenvalue weighted by Gasteiger charge is -2.08. The third-order valence-corrected chi connectivity index (χ3v) is 6.60. The summed E-state index contributed by atoms with van der Waals surface area (Å²) in [7, 11) is 1.97. The number of phenols is 1. The van der Waals surface area contributed by atoms with Crippen LogP contribution in [-0.4, -0.2) is 28.7 Å². The van der Waals surface area contributed by atoms with E-state index >= 15 is 0 Å². The van der Waals surface area contributed by atoms with E-state index in [-0.39, 0.29) is 0 Å². The fourth-order valence-electron chi connectivity index (χ4n) is 4.43. The van der Waals surface area contributed by atoms with Gasteiger partial charge in [-0.2, -0.15) is 0 Å². The van der Waals surface area contributed by atoms with Crippen molar-refractivity contribution in [1.82, 2.24) is 15.3 Å². The van der Waals surface area contributed by atoms with Crippen LogP contribution in [0.5, 0.6) is 5.75 Å². The van der Waals surface area contributed by atoms with E-state index in [2.05, 4.69) is 67.7 Å². The van der Waals surface area contributed by atoms with Crippen molar-refractivity contribution in [2.75, 3.05) is 13.6 Å².